The van der Waals surface area contributed by atoms with E-state index in [0.717, 1.165) is 6.42 Å². The van der Waals surface area contributed by atoms with Crippen molar-refractivity contribution in [2.45, 2.75) is 33.1 Å². The third-order valence-electron chi connectivity index (χ3n) is 2.80. The van der Waals surface area contributed by atoms with E-state index in [9.17, 15) is 0 Å². The molecule has 1 aromatic heterocycles. The third kappa shape index (κ3) is 1.89. The second-order valence-electron chi connectivity index (χ2n) is 4.04. The maximum absolute atomic E-state index is 4.66. The maximum atomic E-state index is 4.66. The van der Waals surface area contributed by atoms with Crippen LogP contribution in [0.25, 0.3) is 0 Å². The summed E-state index contributed by atoms with van der Waals surface area (Å²) in [6.07, 6.45) is 3.66. The first-order chi connectivity index (χ1) is 6.79. The highest BCUT2D eigenvalue weighted by molar-refractivity contribution is 5.43. The molecule has 0 unspecified atom stereocenters. The molecule has 0 radical (unpaired) electrons. The van der Waals surface area contributed by atoms with Gasteiger partial charge < -0.3 is 4.90 Å². The van der Waals surface area contributed by atoms with Gasteiger partial charge in [0.05, 0.1) is 0 Å². The number of anilines is 1. The second-order valence-corrected chi connectivity index (χ2v) is 4.04. The number of hydrogen-bond acceptors (Lipinski definition) is 2. The van der Waals surface area contributed by atoms with Crippen molar-refractivity contribution >= 4 is 5.82 Å². The SMILES string of the molecule is CCc1cc(C)cc(N2CCCC2)n1. The van der Waals surface area contributed by atoms with Gasteiger partial charge in [-0.2, -0.15) is 0 Å². The van der Waals surface area contributed by atoms with Gasteiger partial charge in [0, 0.05) is 18.8 Å². The fourth-order valence-electron chi connectivity index (χ4n) is 2.01. The lowest BCUT2D eigenvalue weighted by Crippen LogP contribution is -2.19. The summed E-state index contributed by atoms with van der Waals surface area (Å²) < 4.78 is 0. The Balaban J connectivity index is 2.27. The molecule has 14 heavy (non-hydrogen) atoms. The zero-order chi connectivity index (χ0) is 9.97. The monoisotopic (exact) mass is 190 g/mol. The molecule has 0 N–H and O–H groups in total. The van der Waals surface area contributed by atoms with E-state index in [1.807, 2.05) is 0 Å². The van der Waals surface area contributed by atoms with E-state index >= 15 is 0 Å². The molecule has 0 amide bonds. The number of aromatic nitrogens is 1. The standard InChI is InChI=1S/C12H18N2/c1-3-11-8-10(2)9-12(13-11)14-6-4-5-7-14/h8-9H,3-7H2,1-2H3. The minimum absolute atomic E-state index is 1.03. The zero-order valence-electron chi connectivity index (χ0n) is 9.08. The third-order valence-corrected chi connectivity index (χ3v) is 2.80. The number of rotatable bonds is 2. The molecule has 1 fully saturated rings. The first-order valence-electron chi connectivity index (χ1n) is 5.52. The summed E-state index contributed by atoms with van der Waals surface area (Å²) in [6.45, 7) is 6.68. The fourth-order valence-corrected chi connectivity index (χ4v) is 2.01. The van der Waals surface area contributed by atoms with Gasteiger partial charge in [-0.3, -0.25) is 0 Å². The molecule has 2 rings (SSSR count). The molecule has 1 aliphatic rings. The van der Waals surface area contributed by atoms with Gasteiger partial charge in [0.2, 0.25) is 0 Å². The average molecular weight is 190 g/mol. The van der Waals surface area contributed by atoms with Gasteiger partial charge in [-0.1, -0.05) is 6.92 Å². The summed E-state index contributed by atoms with van der Waals surface area (Å²) >= 11 is 0. The molecule has 0 aromatic carbocycles. The molecule has 76 valence electrons. The molecule has 0 aliphatic carbocycles. The normalized spacial score (nSPS) is 16.3. The lowest BCUT2D eigenvalue weighted by atomic mass is 10.2. The van der Waals surface area contributed by atoms with Crippen LogP contribution >= 0.6 is 0 Å². The predicted octanol–water partition coefficient (Wildman–Crippen LogP) is 2.55. The molecule has 1 aromatic rings. The van der Waals surface area contributed by atoms with Crippen molar-refractivity contribution in [3.05, 3.63) is 23.4 Å². The molecule has 0 saturated carbocycles. The van der Waals surface area contributed by atoms with Gasteiger partial charge >= 0.3 is 0 Å². The largest absolute Gasteiger partial charge is 0.357 e. The minimum atomic E-state index is 1.03. The molecule has 1 saturated heterocycles. The lowest BCUT2D eigenvalue weighted by molar-refractivity contribution is 0.910. The van der Waals surface area contributed by atoms with E-state index in [1.54, 1.807) is 0 Å². The lowest BCUT2D eigenvalue weighted by Gasteiger charge is -2.17. The quantitative estimate of drug-likeness (QED) is 0.712. The first kappa shape index (κ1) is 9.50. The summed E-state index contributed by atoms with van der Waals surface area (Å²) in [6, 6.07) is 4.38. The van der Waals surface area contributed by atoms with Gasteiger partial charge in [0.25, 0.3) is 0 Å². The molecule has 0 atom stereocenters. The van der Waals surface area contributed by atoms with Gasteiger partial charge in [0.15, 0.2) is 0 Å². The van der Waals surface area contributed by atoms with E-state index in [-0.39, 0.29) is 0 Å². The van der Waals surface area contributed by atoms with Crippen molar-refractivity contribution in [1.82, 2.24) is 4.98 Å². The summed E-state index contributed by atoms with van der Waals surface area (Å²) in [5, 5.41) is 0. The van der Waals surface area contributed by atoms with Crippen LogP contribution in [0.3, 0.4) is 0 Å². The van der Waals surface area contributed by atoms with Crippen LogP contribution in [-0.4, -0.2) is 18.1 Å². The average Bonchev–Trinajstić information content (AvgIpc) is 2.69. The Kier molecular flexibility index (Phi) is 2.71. The van der Waals surface area contributed by atoms with E-state index < -0.39 is 0 Å². The Bertz CT molecular complexity index is 314. The van der Waals surface area contributed by atoms with Crippen molar-refractivity contribution in [1.29, 1.82) is 0 Å². The summed E-state index contributed by atoms with van der Waals surface area (Å²) in [5.74, 6) is 1.18. The van der Waals surface area contributed by atoms with Crippen molar-refractivity contribution in [3.63, 3.8) is 0 Å². The zero-order valence-corrected chi connectivity index (χ0v) is 9.08. The smallest absolute Gasteiger partial charge is 0.129 e. The maximum Gasteiger partial charge on any atom is 0.129 e. The fraction of sp³-hybridized carbons (Fsp3) is 0.583. The van der Waals surface area contributed by atoms with E-state index in [4.69, 9.17) is 0 Å². The van der Waals surface area contributed by atoms with Crippen LogP contribution in [0.2, 0.25) is 0 Å². The Morgan fingerprint density at radius 3 is 2.64 bits per heavy atom. The Morgan fingerprint density at radius 1 is 1.29 bits per heavy atom. The van der Waals surface area contributed by atoms with Crippen molar-refractivity contribution in [2.75, 3.05) is 18.0 Å². The summed E-state index contributed by atoms with van der Waals surface area (Å²) in [7, 11) is 0. The Labute approximate surface area is 86.0 Å². The van der Waals surface area contributed by atoms with Crippen LogP contribution in [0.1, 0.15) is 31.0 Å². The summed E-state index contributed by atoms with van der Waals surface area (Å²) in [5.41, 5.74) is 2.55. The van der Waals surface area contributed by atoms with Gasteiger partial charge in [0.1, 0.15) is 5.82 Å². The highest BCUT2D eigenvalue weighted by atomic mass is 15.2. The van der Waals surface area contributed by atoms with Crippen LogP contribution < -0.4 is 4.90 Å². The van der Waals surface area contributed by atoms with Gasteiger partial charge in [-0.05, 0) is 43.9 Å². The van der Waals surface area contributed by atoms with Crippen LogP contribution in [0.5, 0.6) is 0 Å². The predicted molar refractivity (Wildman–Crippen MR) is 59.8 cm³/mol. The highest BCUT2D eigenvalue weighted by Crippen LogP contribution is 2.19. The van der Waals surface area contributed by atoms with Crippen LogP contribution in [0.4, 0.5) is 5.82 Å². The van der Waals surface area contributed by atoms with Crippen LogP contribution in [-0.2, 0) is 6.42 Å². The van der Waals surface area contributed by atoms with Gasteiger partial charge in [-0.15, -0.1) is 0 Å². The molecular weight excluding hydrogens is 172 g/mol. The molecule has 1 aliphatic heterocycles. The number of nitrogens with zero attached hydrogens (tertiary/aromatic N) is 2. The second kappa shape index (κ2) is 3.99. The molecule has 0 bridgehead atoms. The Hall–Kier alpha value is -1.05. The molecule has 2 heteroatoms. The topological polar surface area (TPSA) is 16.1 Å². The van der Waals surface area contributed by atoms with Crippen LogP contribution in [0, 0.1) is 6.92 Å². The first-order valence-corrected chi connectivity index (χ1v) is 5.52. The molecule has 0 spiro atoms. The van der Waals surface area contributed by atoms with Crippen molar-refractivity contribution < 1.29 is 0 Å². The van der Waals surface area contributed by atoms with Crippen molar-refractivity contribution in [3.8, 4) is 0 Å². The molecule has 2 heterocycles. The van der Waals surface area contributed by atoms with E-state index in [0.29, 0.717) is 0 Å². The van der Waals surface area contributed by atoms with E-state index in [2.05, 4.69) is 35.9 Å². The van der Waals surface area contributed by atoms with Gasteiger partial charge in [-0.25, -0.2) is 4.98 Å². The highest BCUT2D eigenvalue weighted by Gasteiger charge is 2.13. The molecule has 2 nitrogen and oxygen atoms in total. The minimum Gasteiger partial charge on any atom is -0.357 e. The van der Waals surface area contributed by atoms with Crippen LogP contribution in [0.15, 0.2) is 12.1 Å². The van der Waals surface area contributed by atoms with Crippen molar-refractivity contribution in [2.24, 2.45) is 0 Å². The number of pyridine rings is 1. The summed E-state index contributed by atoms with van der Waals surface area (Å²) in [4.78, 5) is 7.06. The number of aryl methyl sites for hydroxylation is 2. The number of hydrogen-bond donors (Lipinski definition) is 0. The van der Waals surface area contributed by atoms with E-state index in [1.165, 1.54) is 43.0 Å². The Morgan fingerprint density at radius 2 is 2.00 bits per heavy atom. The molecular formula is C12H18N2.